The van der Waals surface area contributed by atoms with Gasteiger partial charge in [-0.1, -0.05) is 0 Å². The van der Waals surface area contributed by atoms with Crippen LogP contribution in [0, 0.1) is 5.82 Å². The van der Waals surface area contributed by atoms with Gasteiger partial charge in [0.25, 0.3) is 6.43 Å². The Kier molecular flexibility index (Phi) is 2.62. The maximum atomic E-state index is 12.6. The highest BCUT2D eigenvalue weighted by molar-refractivity contribution is 9.10. The summed E-state index contributed by atoms with van der Waals surface area (Å²) in [7, 11) is 0. The fraction of sp³-hybridized carbons (Fsp3) is 0.143. The van der Waals surface area contributed by atoms with E-state index < -0.39 is 23.6 Å². The summed E-state index contributed by atoms with van der Waals surface area (Å²) >= 11 is 2.80. The third-order valence-electron chi connectivity index (χ3n) is 1.30. The zero-order valence-electron chi connectivity index (χ0n) is 5.69. The summed E-state index contributed by atoms with van der Waals surface area (Å²) < 4.78 is 36.7. The number of hydrogen-bond donors (Lipinski definition) is 1. The lowest BCUT2D eigenvalue weighted by Gasteiger charge is -2.03. The van der Waals surface area contributed by atoms with Crippen LogP contribution in [0.15, 0.2) is 16.6 Å². The number of phenols is 1. The standard InChI is InChI=1S/C7H4BrF3O/c8-4-1-3(7(10)11)5(9)2-6(4)12/h1-2,7,12H. The van der Waals surface area contributed by atoms with E-state index in [4.69, 9.17) is 5.11 Å². The van der Waals surface area contributed by atoms with Gasteiger partial charge in [-0.2, -0.15) is 0 Å². The van der Waals surface area contributed by atoms with Crippen molar-refractivity contribution in [3.8, 4) is 5.75 Å². The van der Waals surface area contributed by atoms with E-state index in [0.717, 1.165) is 6.07 Å². The first-order chi connectivity index (χ1) is 5.52. The van der Waals surface area contributed by atoms with Crippen molar-refractivity contribution >= 4 is 15.9 Å². The summed E-state index contributed by atoms with van der Waals surface area (Å²) in [5.41, 5.74) is -0.723. The minimum atomic E-state index is -2.87. The zero-order valence-corrected chi connectivity index (χ0v) is 7.28. The van der Waals surface area contributed by atoms with E-state index in [0.29, 0.717) is 6.07 Å². The zero-order chi connectivity index (χ0) is 9.30. The molecular formula is C7H4BrF3O. The van der Waals surface area contributed by atoms with Crippen molar-refractivity contribution in [3.05, 3.63) is 28.0 Å². The van der Waals surface area contributed by atoms with Crippen LogP contribution in [0.2, 0.25) is 0 Å². The van der Waals surface area contributed by atoms with Crippen LogP contribution in [-0.2, 0) is 0 Å². The van der Waals surface area contributed by atoms with Gasteiger partial charge in [-0.15, -0.1) is 0 Å². The molecule has 1 aromatic rings. The third-order valence-corrected chi connectivity index (χ3v) is 1.94. The molecule has 0 unspecified atom stereocenters. The van der Waals surface area contributed by atoms with Crippen molar-refractivity contribution in [3.63, 3.8) is 0 Å². The molecule has 0 radical (unpaired) electrons. The van der Waals surface area contributed by atoms with E-state index in [2.05, 4.69) is 15.9 Å². The summed E-state index contributed by atoms with van der Waals surface area (Å²) in [4.78, 5) is 0. The average Bonchev–Trinajstić information content (AvgIpc) is 1.96. The molecule has 0 heterocycles. The molecule has 1 rings (SSSR count). The van der Waals surface area contributed by atoms with E-state index >= 15 is 0 Å². The summed E-state index contributed by atoms with van der Waals surface area (Å²) in [6.45, 7) is 0. The Labute approximate surface area is 75.0 Å². The predicted molar refractivity (Wildman–Crippen MR) is 40.7 cm³/mol. The van der Waals surface area contributed by atoms with Crippen LogP contribution >= 0.6 is 15.9 Å². The summed E-state index contributed by atoms with van der Waals surface area (Å²) in [5, 5.41) is 8.87. The molecule has 1 aromatic carbocycles. The van der Waals surface area contributed by atoms with Gasteiger partial charge in [-0.05, 0) is 22.0 Å². The first kappa shape index (κ1) is 9.38. The maximum absolute atomic E-state index is 12.6. The van der Waals surface area contributed by atoms with Crippen LogP contribution in [0.25, 0.3) is 0 Å². The van der Waals surface area contributed by atoms with Crippen LogP contribution in [0.5, 0.6) is 5.75 Å². The molecule has 5 heteroatoms. The maximum Gasteiger partial charge on any atom is 0.266 e. The van der Waals surface area contributed by atoms with Gasteiger partial charge in [0.2, 0.25) is 0 Å². The van der Waals surface area contributed by atoms with Crippen LogP contribution < -0.4 is 0 Å². The summed E-state index contributed by atoms with van der Waals surface area (Å²) in [6.07, 6.45) is -2.87. The van der Waals surface area contributed by atoms with Crippen molar-refractivity contribution in [1.29, 1.82) is 0 Å². The minimum Gasteiger partial charge on any atom is -0.507 e. The molecular weight excluding hydrogens is 237 g/mol. The second kappa shape index (κ2) is 3.35. The van der Waals surface area contributed by atoms with Crippen molar-refractivity contribution < 1.29 is 18.3 Å². The molecule has 0 aliphatic heterocycles. The van der Waals surface area contributed by atoms with Gasteiger partial charge in [0.15, 0.2) is 0 Å². The topological polar surface area (TPSA) is 20.2 Å². The van der Waals surface area contributed by atoms with E-state index in [-0.39, 0.29) is 4.47 Å². The number of phenolic OH excluding ortho intramolecular Hbond substituents is 1. The molecule has 0 fully saturated rings. The Morgan fingerprint density at radius 1 is 1.33 bits per heavy atom. The number of halogens is 4. The SMILES string of the molecule is Oc1cc(F)c(C(F)F)cc1Br. The fourth-order valence-corrected chi connectivity index (χ4v) is 1.08. The summed E-state index contributed by atoms with van der Waals surface area (Å²) in [5.74, 6) is -1.50. The first-order valence-electron chi connectivity index (χ1n) is 2.98. The molecule has 0 spiro atoms. The van der Waals surface area contributed by atoms with Gasteiger partial charge in [0, 0.05) is 6.07 Å². The Balaban J connectivity index is 3.23. The second-order valence-electron chi connectivity index (χ2n) is 2.13. The van der Waals surface area contributed by atoms with Crippen molar-refractivity contribution in [2.45, 2.75) is 6.43 Å². The highest BCUT2D eigenvalue weighted by Crippen LogP contribution is 2.31. The normalized spacial score (nSPS) is 10.8. The fourth-order valence-electron chi connectivity index (χ4n) is 0.719. The van der Waals surface area contributed by atoms with E-state index in [1.54, 1.807) is 0 Å². The van der Waals surface area contributed by atoms with Crippen LogP contribution in [-0.4, -0.2) is 5.11 Å². The molecule has 0 atom stereocenters. The second-order valence-corrected chi connectivity index (χ2v) is 2.98. The molecule has 0 aliphatic rings. The van der Waals surface area contributed by atoms with Gasteiger partial charge in [-0.25, -0.2) is 13.2 Å². The number of aromatic hydroxyl groups is 1. The molecule has 66 valence electrons. The molecule has 0 saturated heterocycles. The average molecular weight is 241 g/mol. The Morgan fingerprint density at radius 2 is 1.92 bits per heavy atom. The van der Waals surface area contributed by atoms with E-state index in [1.165, 1.54) is 0 Å². The smallest absolute Gasteiger partial charge is 0.266 e. The lowest BCUT2D eigenvalue weighted by atomic mass is 10.2. The lowest BCUT2D eigenvalue weighted by molar-refractivity contribution is 0.146. The number of alkyl halides is 2. The Bertz CT molecular complexity index is 301. The molecule has 0 aliphatic carbocycles. The monoisotopic (exact) mass is 240 g/mol. The highest BCUT2D eigenvalue weighted by atomic mass is 79.9. The van der Waals surface area contributed by atoms with Gasteiger partial charge in [0.1, 0.15) is 11.6 Å². The lowest BCUT2D eigenvalue weighted by Crippen LogP contribution is -1.90. The number of hydrogen-bond acceptors (Lipinski definition) is 1. The van der Waals surface area contributed by atoms with Crippen LogP contribution in [0.4, 0.5) is 13.2 Å². The summed E-state index contributed by atoms with van der Waals surface area (Å²) in [6, 6.07) is 1.50. The van der Waals surface area contributed by atoms with Gasteiger partial charge in [0.05, 0.1) is 10.0 Å². The van der Waals surface area contributed by atoms with Gasteiger partial charge >= 0.3 is 0 Å². The largest absolute Gasteiger partial charge is 0.507 e. The van der Waals surface area contributed by atoms with Crippen molar-refractivity contribution in [2.24, 2.45) is 0 Å². The number of rotatable bonds is 1. The molecule has 0 amide bonds. The van der Waals surface area contributed by atoms with E-state index in [9.17, 15) is 13.2 Å². The van der Waals surface area contributed by atoms with Crippen LogP contribution in [0.1, 0.15) is 12.0 Å². The van der Waals surface area contributed by atoms with Gasteiger partial charge in [-0.3, -0.25) is 0 Å². The highest BCUT2D eigenvalue weighted by Gasteiger charge is 2.15. The Hall–Kier alpha value is -0.710. The molecule has 1 N–H and O–H groups in total. The quantitative estimate of drug-likeness (QED) is 0.800. The predicted octanol–water partition coefficient (Wildman–Crippen LogP) is 3.23. The van der Waals surface area contributed by atoms with E-state index in [1.807, 2.05) is 0 Å². The molecule has 1 nitrogen and oxygen atoms in total. The van der Waals surface area contributed by atoms with Crippen molar-refractivity contribution in [1.82, 2.24) is 0 Å². The molecule has 0 bridgehead atoms. The third kappa shape index (κ3) is 1.72. The minimum absolute atomic E-state index is 0.0548. The van der Waals surface area contributed by atoms with Crippen LogP contribution in [0.3, 0.4) is 0 Å². The first-order valence-corrected chi connectivity index (χ1v) is 3.77. The number of benzene rings is 1. The molecule has 0 saturated carbocycles. The molecule has 0 aromatic heterocycles. The van der Waals surface area contributed by atoms with Gasteiger partial charge < -0.3 is 5.11 Å². The molecule has 12 heavy (non-hydrogen) atoms. The van der Waals surface area contributed by atoms with Crippen molar-refractivity contribution in [2.75, 3.05) is 0 Å². The Morgan fingerprint density at radius 3 is 2.42 bits per heavy atom.